The quantitative estimate of drug-likeness (QED) is 0.00932. The van der Waals surface area contributed by atoms with Crippen LogP contribution in [-0.4, -0.2) is 92.2 Å². The number of ketones is 1. The Labute approximate surface area is 458 Å². The van der Waals surface area contributed by atoms with Crippen molar-refractivity contribution in [1.82, 2.24) is 9.55 Å². The van der Waals surface area contributed by atoms with E-state index in [0.29, 0.717) is 0 Å². The molecule has 80 heavy (non-hydrogen) atoms. The minimum absolute atomic E-state index is 0.00750. The highest BCUT2D eigenvalue weighted by molar-refractivity contribution is 7.66. The van der Waals surface area contributed by atoms with Gasteiger partial charge < -0.3 is 58.6 Å². The van der Waals surface area contributed by atoms with E-state index < -0.39 is 135 Å². The molecule has 1 fully saturated rings. The van der Waals surface area contributed by atoms with Gasteiger partial charge in [0.15, 0.2) is 22.9 Å². The molecular weight excluding hydrogens is 1170 g/mol. The molecule has 0 bridgehead atoms. The number of phosphoric acid groups is 3. The number of aromatic amines is 1. The molecule has 33 heteroatoms. The van der Waals surface area contributed by atoms with E-state index in [0.717, 1.165) is 10.8 Å². The van der Waals surface area contributed by atoms with Crippen LogP contribution in [0.25, 0.3) is 33.4 Å². The summed E-state index contributed by atoms with van der Waals surface area (Å²) >= 11 is 13.0. The Hall–Kier alpha value is -6.44. The summed E-state index contributed by atoms with van der Waals surface area (Å²) in [6.45, 7) is 1.02. The number of carboxylic acids is 1. The number of aromatic carboxylic acids is 1. The Bertz CT molecular complexity index is 3850. The van der Waals surface area contributed by atoms with Crippen LogP contribution in [-0.2, 0) is 49.5 Å². The zero-order chi connectivity index (χ0) is 58.9. The number of H-pyrrole nitrogens is 1. The average Bonchev–Trinajstić information content (AvgIpc) is 3.74. The lowest BCUT2D eigenvalue weighted by molar-refractivity contribution is -0.386. The van der Waals surface area contributed by atoms with Crippen LogP contribution >= 0.6 is 46.7 Å². The predicted octanol–water partition coefficient (Wildman–Crippen LogP) is 6.45. The van der Waals surface area contributed by atoms with Gasteiger partial charge >= 0.3 is 35.1 Å². The number of aliphatic hydroxyl groups excluding tert-OH is 2. The van der Waals surface area contributed by atoms with Crippen molar-refractivity contribution in [2.75, 3.05) is 13.7 Å². The number of hydrogen-bond donors (Lipinski definition) is 9. The summed E-state index contributed by atoms with van der Waals surface area (Å²) < 4.78 is 70.2. The van der Waals surface area contributed by atoms with Crippen LogP contribution in [0.15, 0.2) is 73.5 Å². The molecule has 0 saturated carbocycles. The van der Waals surface area contributed by atoms with Crippen LogP contribution in [0.2, 0.25) is 10.0 Å². The third kappa shape index (κ3) is 13.6. The molecule has 9 N–H and O–H groups in total. The molecule has 0 amide bonds. The lowest BCUT2D eigenvalue weighted by atomic mass is 9.88. The number of nitrogens with zero attached hydrogens (tertiary/aromatic N) is 2. The molecule has 3 aliphatic rings. The molecule has 7 rings (SSSR count). The highest BCUT2D eigenvalue weighted by Gasteiger charge is 2.43. The van der Waals surface area contributed by atoms with Crippen LogP contribution in [0, 0.1) is 27.9 Å². The Morgan fingerprint density at radius 1 is 0.975 bits per heavy atom. The minimum Gasteiger partial charge on any atom is -0.506 e. The number of nitro groups is 1. The molecule has 0 spiro atoms. The fraction of sp³-hybridized carbons (Fsp3) is 0.298. The monoisotopic (exact) mass is 1210 g/mol. The fourth-order valence-corrected chi connectivity index (χ4v) is 12.0. The number of Topliss-reactive ketones (excluding diaryl/α,β-unsaturated/α-hetero) is 1. The van der Waals surface area contributed by atoms with Crippen LogP contribution in [0.5, 0.6) is 11.5 Å². The molecule has 28 nitrogen and oxygen atoms in total. The summed E-state index contributed by atoms with van der Waals surface area (Å²) in [6.07, 6.45) is -5.24. The average molecular weight is 1210 g/mol. The van der Waals surface area contributed by atoms with Gasteiger partial charge in [-0.25, -0.2) is 23.3 Å². The van der Waals surface area contributed by atoms with Crippen molar-refractivity contribution in [3.8, 4) is 45.8 Å². The largest absolute Gasteiger partial charge is 0.506 e. The topological polar surface area (TPSA) is 431 Å². The summed E-state index contributed by atoms with van der Waals surface area (Å²) in [7, 11) is -15.9. The van der Waals surface area contributed by atoms with Gasteiger partial charge in [0.1, 0.15) is 28.1 Å². The first kappa shape index (κ1) is 61.2. The van der Waals surface area contributed by atoms with Gasteiger partial charge in [-0.1, -0.05) is 55.0 Å². The van der Waals surface area contributed by atoms with E-state index in [9.17, 15) is 78.0 Å². The zero-order valence-corrected chi connectivity index (χ0v) is 45.5. The number of nitro benzene ring substituents is 1. The van der Waals surface area contributed by atoms with E-state index in [2.05, 4.69) is 30.0 Å². The maximum atomic E-state index is 13.8. The Morgan fingerprint density at radius 3 is 2.33 bits per heavy atom. The minimum atomic E-state index is -5.86. The second kappa shape index (κ2) is 24.3. The smallest absolute Gasteiger partial charge is 0.490 e. The van der Waals surface area contributed by atoms with Crippen LogP contribution in [0.1, 0.15) is 88.4 Å². The van der Waals surface area contributed by atoms with Gasteiger partial charge in [0, 0.05) is 64.7 Å². The van der Waals surface area contributed by atoms with Gasteiger partial charge in [0.2, 0.25) is 5.43 Å². The van der Waals surface area contributed by atoms with Gasteiger partial charge in [-0.3, -0.25) is 38.6 Å². The molecule has 1 saturated heterocycles. The number of aromatic nitrogens is 2. The predicted molar refractivity (Wildman–Crippen MR) is 277 cm³/mol. The van der Waals surface area contributed by atoms with Gasteiger partial charge in [0.05, 0.1) is 60.8 Å². The Morgan fingerprint density at radius 2 is 1.69 bits per heavy atom. The van der Waals surface area contributed by atoms with Crippen molar-refractivity contribution >= 4 is 75.1 Å². The number of hydrogen-bond acceptors (Lipinski definition) is 20. The number of phenols is 1. The molecular formula is C47H44Cl2N3O25P3. The fourth-order valence-electron chi connectivity index (χ4n) is 8.43. The molecule has 426 valence electrons. The summed E-state index contributed by atoms with van der Waals surface area (Å²) in [5, 5.41) is 53.4. The molecule has 4 aromatic rings. The molecule has 3 heterocycles. The Kier molecular flexibility index (Phi) is 18.6. The number of phosphoric ester groups is 1. The number of carbonyl (C=O) groups excluding carboxylic acids is 1. The summed E-state index contributed by atoms with van der Waals surface area (Å²) in [4.78, 5) is 116. The second-order valence-electron chi connectivity index (χ2n) is 17.7. The number of fused-ring (bicyclic) bond motifs is 2. The van der Waals surface area contributed by atoms with Crippen molar-refractivity contribution in [2.45, 2.75) is 70.9 Å². The van der Waals surface area contributed by atoms with Crippen molar-refractivity contribution in [1.29, 1.82) is 0 Å². The van der Waals surface area contributed by atoms with Gasteiger partial charge in [-0.05, 0) is 47.9 Å². The first-order valence-electron chi connectivity index (χ1n) is 23.0. The first-order valence-corrected chi connectivity index (χ1v) is 28.3. The number of aromatic hydroxyl groups is 1. The van der Waals surface area contributed by atoms with Crippen LogP contribution in [0.4, 0.5) is 5.69 Å². The molecule has 0 radical (unpaired) electrons. The number of aliphatic hydroxyl groups is 2. The maximum Gasteiger partial charge on any atom is 0.490 e. The third-order valence-electron chi connectivity index (χ3n) is 12.0. The Balaban J connectivity index is 1.08. The number of carbonyl (C=O) groups is 2. The summed E-state index contributed by atoms with van der Waals surface area (Å²) in [5.41, 5.74) is -3.80. The van der Waals surface area contributed by atoms with E-state index in [-0.39, 0.29) is 85.4 Å². The number of carboxylic acid groups (broad SMARTS) is 1. The van der Waals surface area contributed by atoms with Gasteiger partial charge in [-0.15, -0.1) is 0 Å². The number of halogens is 2. The van der Waals surface area contributed by atoms with Crippen molar-refractivity contribution in [3.63, 3.8) is 0 Å². The van der Waals surface area contributed by atoms with E-state index in [1.807, 2.05) is 0 Å². The second-order valence-corrected chi connectivity index (χ2v) is 22.9. The van der Waals surface area contributed by atoms with E-state index in [4.69, 9.17) is 51.6 Å². The molecule has 2 unspecified atom stereocenters. The number of nitrogens with one attached hydrogen (secondary N) is 1. The molecule has 1 aromatic heterocycles. The summed E-state index contributed by atoms with van der Waals surface area (Å²) in [5.74, 6) is 2.09. The molecule has 1 aliphatic carbocycles. The highest BCUT2D eigenvalue weighted by Crippen LogP contribution is 2.66. The number of methoxy groups -OCH3 is 1. The number of ether oxygens (including phenoxy) is 3. The third-order valence-corrected chi connectivity index (χ3v) is 16.5. The summed E-state index contributed by atoms with van der Waals surface area (Å²) in [6, 6.07) is 10.3. The van der Waals surface area contributed by atoms with Crippen molar-refractivity contribution in [3.05, 3.63) is 139 Å². The molecule has 3 aromatic carbocycles. The normalized spacial score (nSPS) is 17.4. The number of benzene rings is 4. The SMILES string of the molecule is COc1cc2c(-c3cc(C(=O)CCC#Cc4ccc([C@@H](OCc5cn([C@H]6C[C@@H](O)[C@@H](COP(=O)(O)OP(=O)(O)OP(=O)(O)O)O6)c(=O)[nH]c5=O)C(C)C)c([N+](=O)[O-])c4)ccc3C(=O)O)c3cc(CO)c(O)c(Cl)c3oc-2c(Cl)c1=O. The van der Waals surface area contributed by atoms with Gasteiger partial charge in [-0.2, -0.15) is 8.62 Å². The highest BCUT2D eigenvalue weighted by atomic mass is 35.5. The van der Waals surface area contributed by atoms with Crippen LogP contribution in [0.3, 0.4) is 0 Å². The lowest BCUT2D eigenvalue weighted by Gasteiger charge is -2.22. The van der Waals surface area contributed by atoms with E-state index >= 15 is 0 Å². The van der Waals surface area contributed by atoms with E-state index in [1.165, 1.54) is 55.6 Å². The van der Waals surface area contributed by atoms with E-state index in [1.54, 1.807) is 13.8 Å². The van der Waals surface area contributed by atoms with Crippen LogP contribution < -0.4 is 21.4 Å². The van der Waals surface area contributed by atoms with Gasteiger partial charge in [0.25, 0.3) is 11.2 Å². The van der Waals surface area contributed by atoms with Crippen molar-refractivity contribution < 1.29 is 100.0 Å². The number of rotatable bonds is 21. The first-order chi connectivity index (χ1) is 37.4. The standard InChI is InChI=1S/C47H44Cl2N3O25P3/c1-21(2)42(72-19-25-17-51(47(61)50-45(25)58)36-16-33(55)35(74-36)20-73-79(67,68)77-80(69,70)76-78(64,65)66)27-10-8-22(12-31(27)52(62)63)6-4-5-7-32(54)23-9-11-26(46(59)60)28(13-23)37-29-14-24(18-53)40(56)38(48)43(29)75-44-30(37)15-34(71-3)41(57)39(44)49/h8-15,17,21,33,35-36,42,53,55-56H,5,7,16,18-20H2,1-3H3,(H,59,60)(H,67,68)(H,69,70)(H,50,58,61)(H2,64,65,66)/t33-,35-,36-,42+/m1/s1. The zero-order valence-electron chi connectivity index (χ0n) is 41.3. The lowest BCUT2D eigenvalue weighted by Crippen LogP contribution is -2.34. The maximum absolute atomic E-state index is 13.8. The molecule has 2 aliphatic heterocycles. The molecule has 6 atom stereocenters. The van der Waals surface area contributed by atoms with Crippen molar-refractivity contribution in [2.24, 2.45) is 5.92 Å².